The molecule has 0 bridgehead atoms. The molecule has 130 valence electrons. The zero-order valence-electron chi connectivity index (χ0n) is 13.5. The van der Waals surface area contributed by atoms with Crippen LogP contribution in [0.3, 0.4) is 0 Å². The predicted molar refractivity (Wildman–Crippen MR) is 92.7 cm³/mol. The Kier molecular flexibility index (Phi) is 7.76. The van der Waals surface area contributed by atoms with Crippen molar-refractivity contribution in [2.75, 3.05) is 11.9 Å². The minimum atomic E-state index is -0.520. The third-order valence-corrected chi connectivity index (χ3v) is 3.16. The number of nitrogens with zero attached hydrogens (tertiary/aromatic N) is 1. The smallest absolute Gasteiger partial charge is 0.306 e. The lowest BCUT2D eigenvalue weighted by Gasteiger charge is -2.11. The second-order valence-electron chi connectivity index (χ2n) is 4.98. The third kappa shape index (κ3) is 6.69. The van der Waals surface area contributed by atoms with Crippen molar-refractivity contribution < 1.29 is 19.2 Å². The maximum Gasteiger partial charge on any atom is 0.306 e. The molecule has 0 aliphatic heterocycles. The molecular formula is C15H19N3O5S. The van der Waals surface area contributed by atoms with Gasteiger partial charge in [0.1, 0.15) is 0 Å². The summed E-state index contributed by atoms with van der Waals surface area (Å²) in [4.78, 5) is 33.3. The van der Waals surface area contributed by atoms with Gasteiger partial charge >= 0.3 is 5.97 Å². The molecule has 1 aromatic rings. The minimum absolute atomic E-state index is 0.00511. The van der Waals surface area contributed by atoms with E-state index in [0.29, 0.717) is 18.7 Å². The fourth-order valence-electron chi connectivity index (χ4n) is 1.70. The normalized spacial score (nSPS) is 9.92. The number of benzene rings is 1. The van der Waals surface area contributed by atoms with Crippen molar-refractivity contribution in [3.8, 4) is 0 Å². The van der Waals surface area contributed by atoms with E-state index in [4.69, 9.17) is 17.0 Å². The Morgan fingerprint density at radius 1 is 1.33 bits per heavy atom. The Balaban J connectivity index is 2.51. The molecule has 0 spiro atoms. The number of hydrogen-bond donors (Lipinski definition) is 2. The fraction of sp³-hybridized carbons (Fsp3) is 0.400. The van der Waals surface area contributed by atoms with Crippen molar-refractivity contribution in [1.29, 1.82) is 0 Å². The van der Waals surface area contributed by atoms with Crippen LogP contribution >= 0.6 is 12.2 Å². The van der Waals surface area contributed by atoms with Gasteiger partial charge in [-0.2, -0.15) is 0 Å². The lowest BCUT2D eigenvalue weighted by Crippen LogP contribution is -2.34. The highest BCUT2D eigenvalue weighted by atomic mass is 32.1. The van der Waals surface area contributed by atoms with Gasteiger partial charge in [0, 0.05) is 24.2 Å². The van der Waals surface area contributed by atoms with Crippen molar-refractivity contribution in [2.45, 2.75) is 33.1 Å². The number of hydrogen-bond acceptors (Lipinski definition) is 6. The van der Waals surface area contributed by atoms with Gasteiger partial charge in [-0.25, -0.2) is 0 Å². The molecule has 0 unspecified atom stereocenters. The van der Waals surface area contributed by atoms with Crippen LogP contribution in [-0.2, 0) is 14.3 Å². The number of nitro groups is 1. The van der Waals surface area contributed by atoms with Crippen molar-refractivity contribution in [3.63, 3.8) is 0 Å². The quantitative estimate of drug-likeness (QED) is 0.335. The van der Waals surface area contributed by atoms with Gasteiger partial charge in [0.15, 0.2) is 5.11 Å². The number of rotatable bonds is 7. The lowest BCUT2D eigenvalue weighted by atomic mass is 10.2. The molecule has 0 aromatic heterocycles. The van der Waals surface area contributed by atoms with Crippen molar-refractivity contribution in [1.82, 2.24) is 5.32 Å². The van der Waals surface area contributed by atoms with Crippen LogP contribution in [0.15, 0.2) is 18.2 Å². The number of carbonyl (C=O) groups excluding carboxylic acids is 2. The van der Waals surface area contributed by atoms with Crippen LogP contribution in [0.25, 0.3) is 0 Å². The summed E-state index contributed by atoms with van der Waals surface area (Å²) in [5, 5.41) is 15.9. The van der Waals surface area contributed by atoms with Gasteiger partial charge in [-0.1, -0.05) is 13.0 Å². The maximum absolute atomic E-state index is 11.7. The Hall–Kier alpha value is -2.55. The Morgan fingerprint density at radius 3 is 2.67 bits per heavy atom. The van der Waals surface area contributed by atoms with E-state index in [1.165, 1.54) is 12.1 Å². The maximum atomic E-state index is 11.7. The first-order valence-electron chi connectivity index (χ1n) is 7.35. The standard InChI is InChI=1S/C15H19N3O5S/c1-3-8-23-14(20)7-6-13(19)17-15(24)16-12-9-11(18(21)22)5-4-10(12)2/h4-5,9H,3,6-8H2,1-2H3,(H2,16,17,19,24). The van der Waals surface area contributed by atoms with Gasteiger partial charge in [-0.15, -0.1) is 0 Å². The van der Waals surface area contributed by atoms with Gasteiger partial charge < -0.3 is 15.4 Å². The molecule has 8 nitrogen and oxygen atoms in total. The van der Waals surface area contributed by atoms with Crippen molar-refractivity contribution in [2.24, 2.45) is 0 Å². The van der Waals surface area contributed by atoms with Gasteiger partial charge in [0.25, 0.3) is 5.69 Å². The van der Waals surface area contributed by atoms with Crippen molar-refractivity contribution >= 4 is 40.6 Å². The summed E-state index contributed by atoms with van der Waals surface area (Å²) in [6.07, 6.45) is 0.622. The van der Waals surface area contributed by atoms with Gasteiger partial charge in [0.2, 0.25) is 5.91 Å². The molecule has 1 rings (SSSR count). The molecule has 1 amide bonds. The zero-order chi connectivity index (χ0) is 18.1. The molecule has 9 heteroatoms. The number of aryl methyl sites for hydroxylation is 1. The molecule has 0 aliphatic rings. The molecule has 1 aromatic carbocycles. The van der Waals surface area contributed by atoms with Crippen LogP contribution in [0.1, 0.15) is 31.7 Å². The zero-order valence-corrected chi connectivity index (χ0v) is 14.3. The first kappa shape index (κ1) is 19.5. The summed E-state index contributed by atoms with van der Waals surface area (Å²) in [5.74, 6) is -0.885. The molecule has 0 heterocycles. The largest absolute Gasteiger partial charge is 0.466 e. The number of anilines is 1. The van der Waals surface area contributed by atoms with Gasteiger partial charge in [-0.05, 0) is 31.1 Å². The molecule has 2 N–H and O–H groups in total. The van der Waals surface area contributed by atoms with Crippen LogP contribution in [0.4, 0.5) is 11.4 Å². The number of amides is 1. The molecular weight excluding hydrogens is 334 g/mol. The molecule has 0 fully saturated rings. The number of thiocarbonyl (C=S) groups is 1. The number of nitrogens with one attached hydrogen (secondary N) is 2. The van der Waals surface area contributed by atoms with Gasteiger partial charge in [-0.3, -0.25) is 19.7 Å². The number of carbonyl (C=O) groups is 2. The van der Waals surface area contributed by atoms with E-state index in [2.05, 4.69) is 10.6 Å². The summed E-state index contributed by atoms with van der Waals surface area (Å²) in [6.45, 7) is 3.95. The molecule has 0 radical (unpaired) electrons. The lowest BCUT2D eigenvalue weighted by molar-refractivity contribution is -0.384. The van der Waals surface area contributed by atoms with E-state index in [9.17, 15) is 19.7 Å². The summed E-state index contributed by atoms with van der Waals surface area (Å²) in [6, 6.07) is 4.29. The highest BCUT2D eigenvalue weighted by molar-refractivity contribution is 7.80. The average Bonchev–Trinajstić information content (AvgIpc) is 2.52. The average molecular weight is 353 g/mol. The fourth-order valence-corrected chi connectivity index (χ4v) is 1.93. The monoisotopic (exact) mass is 353 g/mol. The van der Waals surface area contributed by atoms with Crippen LogP contribution in [-0.4, -0.2) is 28.5 Å². The summed E-state index contributed by atoms with van der Waals surface area (Å²) in [7, 11) is 0. The van der Waals surface area contributed by atoms with E-state index >= 15 is 0 Å². The van der Waals surface area contributed by atoms with E-state index in [1.54, 1.807) is 13.0 Å². The van der Waals surface area contributed by atoms with Crippen LogP contribution in [0, 0.1) is 17.0 Å². The number of nitro benzene ring substituents is 1. The number of esters is 1. The highest BCUT2D eigenvalue weighted by Gasteiger charge is 2.12. The van der Waals surface area contributed by atoms with Crippen LogP contribution < -0.4 is 10.6 Å². The first-order chi connectivity index (χ1) is 11.3. The molecule has 0 saturated heterocycles. The van der Waals surface area contributed by atoms with Crippen LogP contribution in [0.2, 0.25) is 0 Å². The molecule has 0 saturated carbocycles. The van der Waals surface area contributed by atoms with E-state index < -0.39 is 16.8 Å². The summed E-state index contributed by atoms with van der Waals surface area (Å²) >= 11 is 5.00. The Labute approximate surface area is 144 Å². The minimum Gasteiger partial charge on any atom is -0.466 e. The second kappa shape index (κ2) is 9.56. The summed E-state index contributed by atoms with van der Waals surface area (Å²) in [5.41, 5.74) is 1.08. The number of non-ortho nitro benzene ring substituents is 1. The Morgan fingerprint density at radius 2 is 2.04 bits per heavy atom. The Bertz CT molecular complexity index is 648. The third-order valence-electron chi connectivity index (χ3n) is 2.96. The van der Waals surface area contributed by atoms with E-state index in [0.717, 1.165) is 5.56 Å². The predicted octanol–water partition coefficient (Wildman–Crippen LogP) is 2.45. The molecule has 0 aliphatic carbocycles. The van der Waals surface area contributed by atoms with Crippen molar-refractivity contribution in [3.05, 3.63) is 33.9 Å². The number of ether oxygens (including phenoxy) is 1. The highest BCUT2D eigenvalue weighted by Crippen LogP contribution is 2.21. The van der Waals surface area contributed by atoms with Gasteiger partial charge in [0.05, 0.1) is 18.0 Å². The first-order valence-corrected chi connectivity index (χ1v) is 7.75. The van der Waals surface area contributed by atoms with Crippen LogP contribution in [0.5, 0.6) is 0 Å². The molecule has 24 heavy (non-hydrogen) atoms. The summed E-state index contributed by atoms with van der Waals surface area (Å²) < 4.78 is 4.86. The SMILES string of the molecule is CCCOC(=O)CCC(=O)NC(=S)Nc1cc([N+](=O)[O-])ccc1C. The second-order valence-corrected chi connectivity index (χ2v) is 5.39. The topological polar surface area (TPSA) is 111 Å². The van der Waals surface area contributed by atoms with E-state index in [-0.39, 0.29) is 23.6 Å². The molecule has 0 atom stereocenters. The van der Waals surface area contributed by atoms with E-state index in [1.807, 2.05) is 6.92 Å².